The van der Waals surface area contributed by atoms with Crippen LogP contribution in [0.25, 0.3) is 0 Å². The fraction of sp³-hybridized carbons (Fsp3) is 0.450. The SMILES string of the molecule is N#C[C@@]12C(N)=NC3(OCCO3)[C@]1(C#N)C1=C(CCC1)N[C@H]2c1ccccc1. The van der Waals surface area contributed by atoms with E-state index in [4.69, 9.17) is 15.2 Å². The molecule has 0 bridgehead atoms. The third-order valence-electron chi connectivity index (χ3n) is 6.31. The number of hydrogen-bond acceptors (Lipinski definition) is 7. The Hall–Kier alpha value is -2.87. The number of aliphatic imine (C=N–C) groups is 1. The summed E-state index contributed by atoms with van der Waals surface area (Å²) in [4.78, 5) is 4.52. The van der Waals surface area contributed by atoms with Gasteiger partial charge in [-0.2, -0.15) is 10.5 Å². The number of benzene rings is 1. The Balaban J connectivity index is 1.85. The van der Waals surface area contributed by atoms with Crippen molar-refractivity contribution in [2.45, 2.75) is 31.2 Å². The highest BCUT2D eigenvalue weighted by atomic mass is 16.8. The molecule has 1 spiro atoms. The maximum atomic E-state index is 10.6. The lowest BCUT2D eigenvalue weighted by Crippen LogP contribution is -2.63. The number of nitrogens with two attached hydrogens (primary N) is 1. The molecule has 3 atom stereocenters. The van der Waals surface area contributed by atoms with Gasteiger partial charge in [-0.15, -0.1) is 0 Å². The van der Waals surface area contributed by atoms with E-state index in [-0.39, 0.29) is 5.84 Å². The summed E-state index contributed by atoms with van der Waals surface area (Å²) in [7, 11) is 0. The molecule has 1 aromatic carbocycles. The summed E-state index contributed by atoms with van der Waals surface area (Å²) < 4.78 is 11.9. The minimum Gasteiger partial charge on any atom is -0.386 e. The Morgan fingerprint density at radius 3 is 2.52 bits per heavy atom. The largest absolute Gasteiger partial charge is 0.386 e. The average molecular weight is 361 g/mol. The van der Waals surface area contributed by atoms with Gasteiger partial charge in [-0.05, 0) is 30.4 Å². The van der Waals surface area contributed by atoms with Crippen molar-refractivity contribution in [2.24, 2.45) is 21.6 Å². The molecule has 3 aliphatic heterocycles. The minimum absolute atomic E-state index is 0.0910. The lowest BCUT2D eigenvalue weighted by molar-refractivity contribution is -0.212. The summed E-state index contributed by atoms with van der Waals surface area (Å²) in [6.45, 7) is 0.627. The van der Waals surface area contributed by atoms with Crippen molar-refractivity contribution in [2.75, 3.05) is 13.2 Å². The van der Waals surface area contributed by atoms with Gasteiger partial charge < -0.3 is 20.5 Å². The summed E-state index contributed by atoms with van der Waals surface area (Å²) in [5, 5.41) is 24.6. The first-order valence-corrected chi connectivity index (χ1v) is 9.15. The zero-order valence-electron chi connectivity index (χ0n) is 14.7. The summed E-state index contributed by atoms with van der Waals surface area (Å²) in [6.07, 6.45) is 2.41. The van der Waals surface area contributed by atoms with Crippen LogP contribution in [0.15, 0.2) is 46.6 Å². The highest BCUT2D eigenvalue weighted by Gasteiger charge is 2.80. The summed E-state index contributed by atoms with van der Waals surface area (Å²) >= 11 is 0. The highest BCUT2D eigenvalue weighted by Crippen LogP contribution is 2.68. The smallest absolute Gasteiger partial charge is 0.297 e. The average Bonchev–Trinajstić information content (AvgIpc) is 3.40. The number of nitrogens with zero attached hydrogens (tertiary/aromatic N) is 3. The molecule has 0 radical (unpaired) electrons. The van der Waals surface area contributed by atoms with Gasteiger partial charge in [0.15, 0.2) is 10.8 Å². The fourth-order valence-corrected chi connectivity index (χ4v) is 5.26. The molecule has 0 saturated carbocycles. The van der Waals surface area contributed by atoms with Gasteiger partial charge in [0.2, 0.25) is 0 Å². The van der Waals surface area contributed by atoms with Gasteiger partial charge in [0.05, 0.1) is 31.4 Å². The molecule has 1 aliphatic carbocycles. The second-order valence-electron chi connectivity index (χ2n) is 7.36. The number of amidine groups is 1. The number of allylic oxidation sites excluding steroid dienone is 1. The lowest BCUT2D eigenvalue weighted by atomic mass is 9.53. The Labute approximate surface area is 157 Å². The van der Waals surface area contributed by atoms with Crippen LogP contribution in [-0.4, -0.2) is 25.0 Å². The third kappa shape index (κ3) is 1.65. The van der Waals surface area contributed by atoms with Crippen LogP contribution in [0.2, 0.25) is 0 Å². The van der Waals surface area contributed by atoms with Gasteiger partial charge >= 0.3 is 0 Å². The number of rotatable bonds is 1. The molecule has 136 valence electrons. The van der Waals surface area contributed by atoms with Crippen LogP contribution < -0.4 is 11.1 Å². The van der Waals surface area contributed by atoms with E-state index in [9.17, 15) is 10.5 Å². The van der Waals surface area contributed by atoms with E-state index < -0.39 is 22.8 Å². The van der Waals surface area contributed by atoms with Crippen molar-refractivity contribution in [3.05, 3.63) is 47.2 Å². The molecule has 1 saturated heterocycles. The Morgan fingerprint density at radius 1 is 1.11 bits per heavy atom. The van der Waals surface area contributed by atoms with Crippen LogP contribution >= 0.6 is 0 Å². The molecule has 0 amide bonds. The maximum absolute atomic E-state index is 10.6. The second kappa shape index (κ2) is 5.32. The highest BCUT2D eigenvalue weighted by molar-refractivity contribution is 5.96. The molecular weight excluding hydrogens is 342 g/mol. The molecule has 27 heavy (non-hydrogen) atoms. The van der Waals surface area contributed by atoms with Gasteiger partial charge in [-0.25, -0.2) is 4.99 Å². The van der Waals surface area contributed by atoms with E-state index >= 15 is 0 Å². The van der Waals surface area contributed by atoms with Crippen molar-refractivity contribution in [3.8, 4) is 12.1 Å². The van der Waals surface area contributed by atoms with E-state index in [1.165, 1.54) is 0 Å². The van der Waals surface area contributed by atoms with Gasteiger partial charge in [0.1, 0.15) is 5.84 Å². The van der Waals surface area contributed by atoms with Crippen molar-refractivity contribution in [1.82, 2.24) is 5.32 Å². The molecule has 7 heteroatoms. The number of fused-ring (bicyclic) bond motifs is 3. The van der Waals surface area contributed by atoms with Crippen molar-refractivity contribution in [3.63, 3.8) is 0 Å². The second-order valence-corrected chi connectivity index (χ2v) is 7.36. The Kier molecular flexibility index (Phi) is 3.22. The molecule has 0 unspecified atom stereocenters. The normalized spacial score (nSPS) is 35.8. The van der Waals surface area contributed by atoms with Crippen LogP contribution in [0.1, 0.15) is 30.9 Å². The summed E-state index contributed by atoms with van der Waals surface area (Å²) in [5.74, 6) is -1.46. The van der Waals surface area contributed by atoms with E-state index in [0.717, 1.165) is 29.7 Å². The quantitative estimate of drug-likeness (QED) is 0.788. The molecule has 1 aromatic rings. The standard InChI is InChI=1S/C20H19N5O2/c21-11-18-16(13-5-2-1-3-6-13)24-15-8-4-7-14(15)19(18,12-22)20(25-17(18)23)26-9-10-27-20/h1-3,5-6,16,24H,4,7-10H2,(H2,23,25)/t16-,18+,19+/m0/s1. The van der Waals surface area contributed by atoms with Gasteiger partial charge in [-0.1, -0.05) is 30.3 Å². The zero-order chi connectivity index (χ0) is 18.7. The molecule has 3 heterocycles. The number of nitriles is 2. The first-order valence-electron chi connectivity index (χ1n) is 9.15. The van der Waals surface area contributed by atoms with E-state index in [2.05, 4.69) is 22.4 Å². The lowest BCUT2D eigenvalue weighted by Gasteiger charge is -2.50. The molecule has 1 fully saturated rings. The monoisotopic (exact) mass is 361 g/mol. The van der Waals surface area contributed by atoms with Crippen LogP contribution in [0, 0.1) is 33.5 Å². The predicted molar refractivity (Wildman–Crippen MR) is 95.5 cm³/mol. The van der Waals surface area contributed by atoms with E-state index in [1.54, 1.807) is 0 Å². The van der Waals surface area contributed by atoms with Crippen LogP contribution in [0.4, 0.5) is 0 Å². The van der Waals surface area contributed by atoms with E-state index in [0.29, 0.717) is 19.6 Å². The number of hydrogen-bond donors (Lipinski definition) is 2. The number of ether oxygens (including phenoxy) is 2. The Bertz CT molecular complexity index is 951. The third-order valence-corrected chi connectivity index (χ3v) is 6.31. The minimum atomic E-state index is -1.55. The van der Waals surface area contributed by atoms with Crippen molar-refractivity contribution in [1.29, 1.82) is 10.5 Å². The summed E-state index contributed by atoms with van der Waals surface area (Å²) in [5.41, 5.74) is 6.30. The van der Waals surface area contributed by atoms with Crippen LogP contribution in [0.3, 0.4) is 0 Å². The predicted octanol–water partition coefficient (Wildman–Crippen LogP) is 1.86. The number of nitrogens with one attached hydrogen (secondary N) is 1. The maximum Gasteiger partial charge on any atom is 0.297 e. The molecule has 7 nitrogen and oxygen atoms in total. The topological polar surface area (TPSA) is 116 Å². The van der Waals surface area contributed by atoms with Crippen LogP contribution in [-0.2, 0) is 9.47 Å². The molecule has 5 rings (SSSR count). The first kappa shape index (κ1) is 16.3. The summed E-state index contributed by atoms with van der Waals surface area (Å²) in [6, 6.07) is 13.9. The molecule has 3 N–H and O–H groups in total. The molecule has 4 aliphatic rings. The fourth-order valence-electron chi connectivity index (χ4n) is 5.26. The van der Waals surface area contributed by atoms with Crippen LogP contribution in [0.5, 0.6) is 0 Å². The van der Waals surface area contributed by atoms with Crippen molar-refractivity contribution >= 4 is 5.84 Å². The first-order chi connectivity index (χ1) is 13.1. The van der Waals surface area contributed by atoms with E-state index in [1.807, 2.05) is 30.3 Å². The Morgan fingerprint density at radius 2 is 1.85 bits per heavy atom. The zero-order valence-corrected chi connectivity index (χ0v) is 14.7. The molecule has 0 aromatic heterocycles. The van der Waals surface area contributed by atoms with Gasteiger partial charge in [0, 0.05) is 5.70 Å². The van der Waals surface area contributed by atoms with Gasteiger partial charge in [0.25, 0.3) is 5.91 Å². The molecular formula is C20H19N5O2. The van der Waals surface area contributed by atoms with Gasteiger partial charge in [-0.3, -0.25) is 0 Å². The van der Waals surface area contributed by atoms with Crippen molar-refractivity contribution < 1.29 is 9.47 Å².